The summed E-state index contributed by atoms with van der Waals surface area (Å²) in [6.45, 7) is 2.02. The van der Waals surface area contributed by atoms with Gasteiger partial charge in [-0.2, -0.15) is 0 Å². The summed E-state index contributed by atoms with van der Waals surface area (Å²) >= 11 is 3.72. The van der Waals surface area contributed by atoms with E-state index in [1.165, 1.54) is 0 Å². The van der Waals surface area contributed by atoms with E-state index in [0.717, 1.165) is 12.2 Å². The third-order valence-corrected chi connectivity index (χ3v) is 8.32. The molecule has 0 aromatic heterocycles. The predicted octanol–water partition coefficient (Wildman–Crippen LogP) is 1.24. The molecule has 0 spiro atoms. The van der Waals surface area contributed by atoms with Crippen molar-refractivity contribution in [1.29, 1.82) is 0 Å². The minimum absolute atomic E-state index is 0.301. The van der Waals surface area contributed by atoms with Gasteiger partial charge in [0.25, 0.3) is 0 Å². The van der Waals surface area contributed by atoms with Crippen molar-refractivity contribution in [3.63, 3.8) is 0 Å². The molecule has 2 nitrogen and oxygen atoms in total. The number of thiol groups is 1. The number of hydrogen-bond acceptors (Lipinski definition) is 0. The van der Waals surface area contributed by atoms with Gasteiger partial charge in [0.2, 0.25) is 0 Å². The molecule has 1 unspecified atom stereocenters. The fourth-order valence-corrected chi connectivity index (χ4v) is 3.27. The van der Waals surface area contributed by atoms with Gasteiger partial charge in [-0.1, -0.05) is 19.2 Å². The van der Waals surface area contributed by atoms with Crippen LogP contribution in [0.3, 0.4) is 0 Å². The van der Waals surface area contributed by atoms with E-state index in [1.54, 1.807) is 0 Å². The van der Waals surface area contributed by atoms with Gasteiger partial charge in [-0.15, -0.1) is 10.1 Å². The van der Waals surface area contributed by atoms with E-state index in [2.05, 4.69) is 12.2 Å². The molecule has 0 amide bonds. The maximum atomic E-state index is 8.96. The van der Waals surface area contributed by atoms with Gasteiger partial charge >= 0.3 is 0 Å². The molecule has 0 bridgehead atoms. The lowest BCUT2D eigenvalue weighted by Gasteiger charge is -2.09. The molecule has 0 saturated heterocycles. The molecule has 0 heterocycles. The summed E-state index contributed by atoms with van der Waals surface area (Å²) in [5.74, 6) is 0.865. The first kappa shape index (κ1) is 10.0. The van der Waals surface area contributed by atoms with Gasteiger partial charge in [0.15, 0.2) is 5.69 Å². The van der Waals surface area contributed by atoms with Crippen LogP contribution in [0, 0.1) is 0 Å². The number of rotatable bonds is 2. The zero-order chi connectivity index (χ0) is 7.49. The minimum atomic E-state index is -2.80. The summed E-state index contributed by atoms with van der Waals surface area (Å²) in [6, 6.07) is 0. The van der Waals surface area contributed by atoms with Crippen molar-refractivity contribution < 1.29 is 9.79 Å². The Hall–Kier alpha value is 1.05. The van der Waals surface area contributed by atoms with E-state index in [-0.39, 0.29) is 10.1 Å². The Morgan fingerprint density at radius 2 is 2.00 bits per heavy atom. The largest absolute Gasteiger partial charge is 0.341 e. The van der Waals surface area contributed by atoms with Gasteiger partial charge in [-0.05, 0) is 18.4 Å². The Morgan fingerprint density at radius 3 is 2.11 bits per heavy atom. The average molecular weight is 188 g/mol. The quantitative estimate of drug-likeness (QED) is 0.450. The predicted molar refractivity (Wildman–Crippen MR) is 48.8 cm³/mol. The van der Waals surface area contributed by atoms with Crippen LogP contribution in [0.25, 0.3) is 0 Å². The standard InChI is InChI=1S/C4H13O2PS2/c1-3-4-9(2)7(5,6)8/h5-6,8H,3-4H2,1-2H3. The fraction of sp³-hybridized carbons (Fsp3) is 1.00. The van der Waals surface area contributed by atoms with Crippen LogP contribution in [-0.4, -0.2) is 21.8 Å². The monoisotopic (exact) mass is 188 g/mol. The maximum Gasteiger partial charge on any atom is 0.198 e. The van der Waals surface area contributed by atoms with Gasteiger partial charge in [0.1, 0.15) is 0 Å². The van der Waals surface area contributed by atoms with Gasteiger partial charge in [-0.3, -0.25) is 0 Å². The second kappa shape index (κ2) is 4.04. The molecule has 0 aromatic carbocycles. The van der Waals surface area contributed by atoms with E-state index in [0.29, 0.717) is 0 Å². The van der Waals surface area contributed by atoms with E-state index < -0.39 is 5.69 Å². The zero-order valence-corrected chi connectivity index (χ0v) is 8.22. The average Bonchev–Trinajstić information content (AvgIpc) is 1.64. The Labute approximate surface area is 63.6 Å². The Balaban J connectivity index is 4.12. The highest BCUT2D eigenvalue weighted by atomic mass is 32.9. The first-order valence-electron chi connectivity index (χ1n) is 2.69. The molecule has 0 saturated carbocycles. The van der Waals surface area contributed by atoms with Crippen molar-refractivity contribution in [1.82, 2.24) is 0 Å². The zero-order valence-electron chi connectivity index (χ0n) is 5.61. The highest BCUT2D eigenvalue weighted by molar-refractivity contribution is 8.65. The second-order valence-corrected chi connectivity index (χ2v) is 10.3. The SMILES string of the molecule is CCCS(C)=P(O)(O)S. The van der Waals surface area contributed by atoms with Crippen LogP contribution in [0.2, 0.25) is 0 Å². The molecule has 0 rings (SSSR count). The van der Waals surface area contributed by atoms with Gasteiger partial charge in [0.05, 0.1) is 0 Å². The fourth-order valence-electron chi connectivity index (χ4n) is 0.418. The first-order chi connectivity index (χ1) is 3.98. The van der Waals surface area contributed by atoms with Crippen LogP contribution in [0.1, 0.15) is 13.3 Å². The summed E-state index contributed by atoms with van der Waals surface area (Å²) in [6.07, 6.45) is 2.83. The van der Waals surface area contributed by atoms with Crippen LogP contribution in [-0.2, 0) is 10.1 Å². The summed E-state index contributed by atoms with van der Waals surface area (Å²) in [4.78, 5) is 17.9. The molecule has 5 heteroatoms. The topological polar surface area (TPSA) is 40.5 Å². The van der Waals surface area contributed by atoms with Crippen LogP contribution in [0.15, 0.2) is 0 Å². The molecule has 0 aromatic rings. The van der Waals surface area contributed by atoms with Gasteiger partial charge in [0, 0.05) is 0 Å². The van der Waals surface area contributed by atoms with Crippen molar-refractivity contribution in [2.45, 2.75) is 13.3 Å². The molecule has 0 aliphatic carbocycles. The third kappa shape index (κ3) is 4.45. The normalized spacial score (nSPS) is 15.7. The first-order valence-corrected chi connectivity index (χ1v) is 7.94. The van der Waals surface area contributed by atoms with Crippen LogP contribution in [0.5, 0.6) is 0 Å². The highest BCUT2D eigenvalue weighted by Crippen LogP contribution is 2.46. The van der Waals surface area contributed by atoms with Crippen molar-refractivity contribution >= 4 is 28.0 Å². The van der Waals surface area contributed by atoms with Crippen molar-refractivity contribution in [2.24, 2.45) is 0 Å². The summed E-state index contributed by atoms with van der Waals surface area (Å²) in [5, 5.41) is 0. The lowest BCUT2D eigenvalue weighted by molar-refractivity contribution is 0.502. The highest BCUT2D eigenvalue weighted by Gasteiger charge is 2.03. The van der Waals surface area contributed by atoms with Crippen molar-refractivity contribution in [2.75, 3.05) is 12.0 Å². The molecular weight excluding hydrogens is 175 g/mol. The minimum Gasteiger partial charge on any atom is -0.341 e. The van der Waals surface area contributed by atoms with Crippen LogP contribution >= 0.6 is 17.9 Å². The van der Waals surface area contributed by atoms with Crippen LogP contribution < -0.4 is 0 Å². The molecular formula is C4H13O2PS2. The van der Waals surface area contributed by atoms with Crippen molar-refractivity contribution in [3.8, 4) is 0 Å². The Bertz CT molecular complexity index is 131. The molecule has 0 aliphatic rings. The third-order valence-electron chi connectivity index (χ3n) is 0.918. The summed E-state index contributed by atoms with van der Waals surface area (Å²) < 4.78 is 0. The molecule has 1 atom stereocenters. The Morgan fingerprint density at radius 1 is 1.56 bits per heavy atom. The maximum absolute atomic E-state index is 8.96. The smallest absolute Gasteiger partial charge is 0.198 e. The van der Waals surface area contributed by atoms with E-state index in [4.69, 9.17) is 9.79 Å². The Kier molecular flexibility index (Phi) is 4.51. The molecule has 58 valence electrons. The second-order valence-electron chi connectivity index (χ2n) is 1.82. The van der Waals surface area contributed by atoms with Crippen LogP contribution in [0.4, 0.5) is 0 Å². The summed E-state index contributed by atoms with van der Waals surface area (Å²) in [7, 11) is -0.301. The molecule has 0 fully saturated rings. The number of hydrogen-bond donors (Lipinski definition) is 3. The molecule has 2 N–H and O–H groups in total. The lowest BCUT2D eigenvalue weighted by Crippen LogP contribution is -1.92. The molecule has 0 radical (unpaired) electrons. The summed E-state index contributed by atoms with van der Waals surface area (Å²) in [5.41, 5.74) is -2.80. The van der Waals surface area contributed by atoms with Gasteiger partial charge < -0.3 is 9.79 Å². The van der Waals surface area contributed by atoms with E-state index in [9.17, 15) is 0 Å². The van der Waals surface area contributed by atoms with Gasteiger partial charge in [-0.25, -0.2) is 0 Å². The van der Waals surface area contributed by atoms with Crippen molar-refractivity contribution in [3.05, 3.63) is 0 Å². The molecule has 0 aliphatic heterocycles. The molecule has 9 heavy (non-hydrogen) atoms. The van der Waals surface area contributed by atoms with E-state index >= 15 is 0 Å². The lowest BCUT2D eigenvalue weighted by atomic mass is 10.6. The van der Waals surface area contributed by atoms with E-state index in [1.807, 2.05) is 13.2 Å².